The summed E-state index contributed by atoms with van der Waals surface area (Å²) in [6.07, 6.45) is 2.77. The maximum Gasteiger partial charge on any atom is 0.309 e. The Balaban J connectivity index is 1.85. The zero-order valence-corrected chi connectivity index (χ0v) is 18.0. The third-order valence-electron chi connectivity index (χ3n) is 5.22. The molecule has 0 aromatic heterocycles. The summed E-state index contributed by atoms with van der Waals surface area (Å²) < 4.78 is 47.4. The number of carbonyl (C=O) groups excluding carboxylic acids is 1. The number of carbonyl (C=O) groups is 1. The molecular weight excluding hydrogens is 409 g/mol. The average Bonchev–Trinajstić information content (AvgIpc) is 2.68. The molecule has 0 radical (unpaired) electrons. The number of benzene rings is 2. The fourth-order valence-corrected chi connectivity index (χ4v) is 3.76. The van der Waals surface area contributed by atoms with Crippen molar-refractivity contribution < 1.29 is 26.5 Å². The highest BCUT2D eigenvalue weighted by molar-refractivity contribution is 7.87. The van der Waals surface area contributed by atoms with Crippen LogP contribution in [0, 0.1) is 11.7 Å². The Morgan fingerprint density at radius 3 is 2.27 bits per heavy atom. The van der Waals surface area contributed by atoms with E-state index in [0.717, 1.165) is 24.8 Å². The van der Waals surface area contributed by atoms with E-state index in [1.807, 2.05) is 0 Å². The molecule has 1 aliphatic rings. The minimum Gasteiger partial charge on any atom is -0.493 e. The van der Waals surface area contributed by atoms with Gasteiger partial charge in [0.2, 0.25) is 5.91 Å². The molecule has 1 aliphatic carbocycles. The lowest BCUT2D eigenvalue weighted by atomic mass is 9.84. The topological polar surface area (TPSA) is 72.9 Å². The number of hydrogen-bond acceptors (Lipinski definition) is 5. The Hall–Kier alpha value is -2.61. The Bertz CT molecular complexity index is 987. The van der Waals surface area contributed by atoms with Crippen LogP contribution in [-0.2, 0) is 28.0 Å². The summed E-state index contributed by atoms with van der Waals surface area (Å²) in [4.78, 5) is 14.7. The van der Waals surface area contributed by atoms with Crippen molar-refractivity contribution in [3.8, 4) is 11.5 Å². The van der Waals surface area contributed by atoms with Crippen molar-refractivity contribution >= 4 is 16.0 Å². The molecule has 1 saturated carbocycles. The molecule has 0 spiro atoms. The summed E-state index contributed by atoms with van der Waals surface area (Å²) in [5, 5.41) is 0. The molecule has 1 fully saturated rings. The molecule has 162 valence electrons. The van der Waals surface area contributed by atoms with E-state index in [0.29, 0.717) is 17.9 Å². The number of ether oxygens (including phenoxy) is 1. The van der Waals surface area contributed by atoms with Gasteiger partial charge < -0.3 is 13.8 Å². The molecule has 0 heterocycles. The van der Waals surface area contributed by atoms with Crippen LogP contribution in [0.2, 0.25) is 0 Å². The van der Waals surface area contributed by atoms with Crippen LogP contribution in [0.25, 0.3) is 0 Å². The van der Waals surface area contributed by atoms with Gasteiger partial charge in [-0.15, -0.1) is 0 Å². The highest BCUT2D eigenvalue weighted by Crippen LogP contribution is 2.32. The van der Waals surface area contributed by atoms with Crippen LogP contribution in [0.5, 0.6) is 11.5 Å². The quantitative estimate of drug-likeness (QED) is 0.559. The van der Waals surface area contributed by atoms with Gasteiger partial charge in [-0.2, -0.15) is 8.42 Å². The Morgan fingerprint density at radius 1 is 1.07 bits per heavy atom. The summed E-state index contributed by atoms with van der Waals surface area (Å²) in [6, 6.07) is 11.0. The predicted octanol–water partition coefficient (Wildman–Crippen LogP) is 3.89. The number of amides is 1. The van der Waals surface area contributed by atoms with Gasteiger partial charge in [0.05, 0.1) is 12.9 Å². The number of methoxy groups -OCH3 is 1. The summed E-state index contributed by atoms with van der Waals surface area (Å²) in [5.41, 5.74) is 1.54. The van der Waals surface area contributed by atoms with Gasteiger partial charge in [-0.25, -0.2) is 4.39 Å². The van der Waals surface area contributed by atoms with Gasteiger partial charge >= 0.3 is 10.1 Å². The smallest absolute Gasteiger partial charge is 0.309 e. The Kier molecular flexibility index (Phi) is 6.97. The first-order valence-electron chi connectivity index (χ1n) is 9.93. The predicted molar refractivity (Wildman–Crippen MR) is 111 cm³/mol. The van der Waals surface area contributed by atoms with E-state index in [2.05, 4.69) is 0 Å². The molecule has 2 aromatic rings. The molecule has 0 aliphatic heterocycles. The molecule has 2 aromatic carbocycles. The summed E-state index contributed by atoms with van der Waals surface area (Å²) >= 11 is 0. The fraction of sp³-hybridized carbons (Fsp3) is 0.409. The van der Waals surface area contributed by atoms with E-state index in [-0.39, 0.29) is 35.7 Å². The number of nitrogens with zero attached hydrogens (tertiary/aromatic N) is 1. The molecule has 1 amide bonds. The second kappa shape index (κ2) is 9.47. The third kappa shape index (κ3) is 5.50. The highest BCUT2D eigenvalue weighted by atomic mass is 32.2. The van der Waals surface area contributed by atoms with Crippen LogP contribution in [0.4, 0.5) is 4.39 Å². The summed E-state index contributed by atoms with van der Waals surface area (Å²) in [6.45, 7) is 2.11. The molecule has 0 saturated heterocycles. The molecule has 6 nitrogen and oxygen atoms in total. The molecule has 0 unspecified atom stereocenters. The molecule has 0 atom stereocenters. The standard InChI is InChI=1S/C22H26FNO5S/c1-3-30(26,27)29-21-13-17(9-12-20(21)28-2)15-24(22(25)18-5-4-6-18)14-16-7-10-19(23)11-8-16/h7-13,18H,3-6,14-15H2,1-2H3. The minimum absolute atomic E-state index is 0.000105. The first kappa shape index (κ1) is 22.1. The van der Waals surface area contributed by atoms with E-state index in [9.17, 15) is 17.6 Å². The SMILES string of the molecule is CCS(=O)(=O)Oc1cc(CN(Cc2ccc(F)cc2)C(=O)C2CCC2)ccc1OC. The van der Waals surface area contributed by atoms with E-state index in [1.165, 1.54) is 26.2 Å². The van der Waals surface area contributed by atoms with Crippen LogP contribution in [0.15, 0.2) is 42.5 Å². The Labute approximate surface area is 176 Å². The van der Waals surface area contributed by atoms with Crippen molar-refractivity contribution in [2.24, 2.45) is 5.92 Å². The summed E-state index contributed by atoms with van der Waals surface area (Å²) in [7, 11) is -2.29. The fourth-order valence-electron chi connectivity index (χ4n) is 3.24. The van der Waals surface area contributed by atoms with Gasteiger partial charge in [-0.1, -0.05) is 24.6 Å². The number of hydrogen-bond donors (Lipinski definition) is 0. The van der Waals surface area contributed by atoms with E-state index < -0.39 is 10.1 Å². The average molecular weight is 436 g/mol. The molecule has 3 rings (SSSR count). The molecule has 8 heteroatoms. The van der Waals surface area contributed by atoms with Gasteiger partial charge in [0.15, 0.2) is 11.5 Å². The van der Waals surface area contributed by atoms with Crippen molar-refractivity contribution in [2.75, 3.05) is 12.9 Å². The second-order valence-corrected chi connectivity index (χ2v) is 9.22. The third-order valence-corrected chi connectivity index (χ3v) is 6.37. The van der Waals surface area contributed by atoms with Gasteiger partial charge in [-0.05, 0) is 55.2 Å². The first-order chi connectivity index (χ1) is 14.3. The van der Waals surface area contributed by atoms with Crippen molar-refractivity contribution in [3.05, 3.63) is 59.4 Å². The van der Waals surface area contributed by atoms with Crippen molar-refractivity contribution in [3.63, 3.8) is 0 Å². The van der Waals surface area contributed by atoms with Crippen LogP contribution >= 0.6 is 0 Å². The monoisotopic (exact) mass is 435 g/mol. The second-order valence-electron chi connectivity index (χ2n) is 7.36. The normalized spacial score (nSPS) is 14.1. The van der Waals surface area contributed by atoms with Crippen LogP contribution in [0.1, 0.15) is 37.3 Å². The highest BCUT2D eigenvalue weighted by Gasteiger charge is 2.29. The number of rotatable bonds is 9. The molecule has 0 N–H and O–H groups in total. The zero-order chi connectivity index (χ0) is 21.7. The summed E-state index contributed by atoms with van der Waals surface area (Å²) in [5.74, 6) is -0.0625. The number of halogens is 1. The van der Waals surface area contributed by atoms with E-state index in [1.54, 1.807) is 35.2 Å². The van der Waals surface area contributed by atoms with Gasteiger partial charge in [0.25, 0.3) is 0 Å². The minimum atomic E-state index is -3.72. The van der Waals surface area contributed by atoms with Crippen molar-refractivity contribution in [2.45, 2.75) is 39.3 Å². The van der Waals surface area contributed by atoms with Crippen LogP contribution < -0.4 is 8.92 Å². The largest absolute Gasteiger partial charge is 0.493 e. The van der Waals surface area contributed by atoms with Crippen LogP contribution in [-0.4, -0.2) is 32.1 Å². The zero-order valence-electron chi connectivity index (χ0n) is 17.1. The maximum atomic E-state index is 13.2. The molecule has 30 heavy (non-hydrogen) atoms. The molecular formula is C22H26FNO5S. The lowest BCUT2D eigenvalue weighted by Gasteiger charge is -2.32. The van der Waals surface area contributed by atoms with Crippen LogP contribution in [0.3, 0.4) is 0 Å². The lowest BCUT2D eigenvalue weighted by Crippen LogP contribution is -2.38. The van der Waals surface area contributed by atoms with Crippen molar-refractivity contribution in [1.82, 2.24) is 4.90 Å². The lowest BCUT2D eigenvalue weighted by molar-refractivity contribution is -0.139. The first-order valence-corrected chi connectivity index (χ1v) is 11.5. The van der Waals surface area contributed by atoms with E-state index in [4.69, 9.17) is 8.92 Å². The molecule has 0 bridgehead atoms. The van der Waals surface area contributed by atoms with E-state index >= 15 is 0 Å². The maximum absolute atomic E-state index is 13.2. The van der Waals surface area contributed by atoms with Gasteiger partial charge in [-0.3, -0.25) is 4.79 Å². The van der Waals surface area contributed by atoms with Gasteiger partial charge in [0, 0.05) is 19.0 Å². The Morgan fingerprint density at radius 2 is 1.70 bits per heavy atom. The van der Waals surface area contributed by atoms with Crippen molar-refractivity contribution in [1.29, 1.82) is 0 Å². The van der Waals surface area contributed by atoms with Gasteiger partial charge in [0.1, 0.15) is 5.82 Å².